The van der Waals surface area contributed by atoms with E-state index < -0.39 is 10.0 Å². The molecule has 28 heavy (non-hydrogen) atoms. The summed E-state index contributed by atoms with van der Waals surface area (Å²) < 4.78 is 33.1. The first kappa shape index (κ1) is 18.9. The van der Waals surface area contributed by atoms with Gasteiger partial charge in [-0.15, -0.1) is 0 Å². The average Bonchev–Trinajstić information content (AvgIpc) is 3.47. The van der Waals surface area contributed by atoms with Crippen molar-refractivity contribution in [1.29, 1.82) is 0 Å². The van der Waals surface area contributed by atoms with Gasteiger partial charge in [0.2, 0.25) is 16.0 Å². The largest absolute Gasteiger partial charge is 0.489 e. The van der Waals surface area contributed by atoms with Crippen LogP contribution in [0, 0.1) is 5.92 Å². The summed E-state index contributed by atoms with van der Waals surface area (Å²) in [6.45, 7) is 0.586. The second kappa shape index (κ2) is 7.20. The molecule has 1 fully saturated rings. The lowest BCUT2D eigenvalue weighted by Gasteiger charge is -2.21. The number of rotatable bonds is 6. The van der Waals surface area contributed by atoms with Gasteiger partial charge < -0.3 is 9.30 Å². The van der Waals surface area contributed by atoms with E-state index in [-0.39, 0.29) is 11.5 Å². The quantitative estimate of drug-likeness (QED) is 0.789. The van der Waals surface area contributed by atoms with Crippen LogP contribution in [0.5, 0.6) is 5.75 Å². The molecule has 0 aliphatic heterocycles. The number of anilines is 1. The molecule has 1 N–H and O–H groups in total. The van der Waals surface area contributed by atoms with Gasteiger partial charge in [0.15, 0.2) is 5.75 Å². The van der Waals surface area contributed by atoms with Crippen LogP contribution in [0.4, 0.5) is 5.95 Å². The van der Waals surface area contributed by atoms with Crippen molar-refractivity contribution < 1.29 is 13.2 Å². The Bertz CT molecular complexity index is 1070. The molecular formula is C19H24N4O4S. The van der Waals surface area contributed by atoms with Gasteiger partial charge in [-0.05, 0) is 50.0 Å². The van der Waals surface area contributed by atoms with Gasteiger partial charge in [-0.3, -0.25) is 9.52 Å². The fourth-order valence-electron chi connectivity index (χ4n) is 3.56. The number of hydrogen-bond donors (Lipinski definition) is 1. The maximum atomic E-state index is 12.6. The SMILES string of the molecule is Cn1cc(-c2nc(NS(C)(=O)=O)ncc2OCC2CC2)c2c(c1=O)CCCC2. The maximum Gasteiger partial charge on any atom is 0.253 e. The first-order chi connectivity index (χ1) is 13.3. The summed E-state index contributed by atoms with van der Waals surface area (Å²) in [4.78, 5) is 21.1. The highest BCUT2D eigenvalue weighted by atomic mass is 32.2. The number of nitrogens with one attached hydrogen (secondary N) is 1. The van der Waals surface area contributed by atoms with Crippen LogP contribution in [0.15, 0.2) is 17.2 Å². The minimum atomic E-state index is -3.51. The molecule has 0 amide bonds. The molecule has 4 rings (SSSR count). The molecule has 0 aromatic carbocycles. The summed E-state index contributed by atoms with van der Waals surface area (Å²) in [7, 11) is -1.78. The molecule has 0 saturated heterocycles. The topological polar surface area (TPSA) is 103 Å². The Balaban J connectivity index is 1.85. The molecule has 0 atom stereocenters. The van der Waals surface area contributed by atoms with Crippen molar-refractivity contribution in [2.24, 2.45) is 13.0 Å². The van der Waals surface area contributed by atoms with E-state index in [0.29, 0.717) is 24.0 Å². The van der Waals surface area contributed by atoms with Crippen molar-refractivity contribution in [1.82, 2.24) is 14.5 Å². The van der Waals surface area contributed by atoms with Crippen LogP contribution in [0.2, 0.25) is 0 Å². The van der Waals surface area contributed by atoms with E-state index in [1.807, 2.05) is 0 Å². The van der Waals surface area contributed by atoms with Gasteiger partial charge in [-0.25, -0.2) is 18.4 Å². The predicted molar refractivity (Wildman–Crippen MR) is 106 cm³/mol. The molecule has 8 nitrogen and oxygen atoms in total. The first-order valence-corrected chi connectivity index (χ1v) is 11.4. The van der Waals surface area contributed by atoms with Crippen LogP contribution in [0.3, 0.4) is 0 Å². The fourth-order valence-corrected chi connectivity index (χ4v) is 3.99. The Morgan fingerprint density at radius 3 is 2.64 bits per heavy atom. The van der Waals surface area contributed by atoms with E-state index in [2.05, 4.69) is 14.7 Å². The van der Waals surface area contributed by atoms with E-state index in [1.54, 1.807) is 17.8 Å². The summed E-state index contributed by atoms with van der Waals surface area (Å²) >= 11 is 0. The Labute approximate surface area is 164 Å². The predicted octanol–water partition coefficient (Wildman–Crippen LogP) is 1.88. The Morgan fingerprint density at radius 1 is 1.25 bits per heavy atom. The molecule has 2 aromatic rings. The van der Waals surface area contributed by atoms with Crippen molar-refractivity contribution in [3.8, 4) is 17.0 Å². The number of hydrogen-bond acceptors (Lipinski definition) is 6. The molecule has 0 spiro atoms. The Morgan fingerprint density at radius 2 is 1.96 bits per heavy atom. The van der Waals surface area contributed by atoms with E-state index in [0.717, 1.165) is 61.5 Å². The lowest BCUT2D eigenvalue weighted by atomic mass is 9.88. The zero-order valence-corrected chi connectivity index (χ0v) is 16.9. The molecule has 2 aliphatic carbocycles. The molecule has 0 bridgehead atoms. The zero-order valence-electron chi connectivity index (χ0n) is 16.1. The third-order valence-corrected chi connectivity index (χ3v) is 5.71. The summed E-state index contributed by atoms with van der Waals surface area (Å²) in [6.07, 6.45) is 10.2. The monoisotopic (exact) mass is 404 g/mol. The lowest BCUT2D eigenvalue weighted by molar-refractivity contribution is 0.299. The van der Waals surface area contributed by atoms with Gasteiger partial charge in [0.25, 0.3) is 5.56 Å². The van der Waals surface area contributed by atoms with E-state index in [9.17, 15) is 13.2 Å². The summed E-state index contributed by atoms with van der Waals surface area (Å²) in [5, 5.41) is 0. The molecule has 0 unspecified atom stereocenters. The fraction of sp³-hybridized carbons (Fsp3) is 0.526. The van der Waals surface area contributed by atoms with E-state index >= 15 is 0 Å². The number of fused-ring (bicyclic) bond motifs is 1. The summed E-state index contributed by atoms with van der Waals surface area (Å²) in [6, 6.07) is 0. The van der Waals surface area contributed by atoms with Crippen molar-refractivity contribution in [3.63, 3.8) is 0 Å². The molecule has 9 heteroatoms. The highest BCUT2D eigenvalue weighted by Gasteiger charge is 2.25. The summed E-state index contributed by atoms with van der Waals surface area (Å²) in [5.74, 6) is 1.06. The van der Waals surface area contributed by atoms with Crippen LogP contribution in [0.25, 0.3) is 11.3 Å². The minimum absolute atomic E-state index is 0.00492. The molecule has 150 valence electrons. The van der Waals surface area contributed by atoms with Gasteiger partial charge in [-0.1, -0.05) is 0 Å². The number of pyridine rings is 1. The standard InChI is InChI=1S/C19H24N4O4S/c1-23-10-15(13-5-3-4-6-14(13)18(23)24)17-16(27-11-12-7-8-12)9-20-19(21-17)22-28(2,25)26/h9-10,12H,3-8,11H2,1-2H3,(H,20,21,22). The smallest absolute Gasteiger partial charge is 0.253 e. The second-order valence-electron chi connectivity index (χ2n) is 7.66. The Hall–Kier alpha value is -2.42. The number of ether oxygens (including phenoxy) is 1. The van der Waals surface area contributed by atoms with Gasteiger partial charge >= 0.3 is 0 Å². The van der Waals surface area contributed by atoms with E-state index in [1.165, 1.54) is 6.20 Å². The third kappa shape index (κ3) is 4.04. The number of sulfonamides is 1. The van der Waals surface area contributed by atoms with Crippen molar-refractivity contribution in [2.75, 3.05) is 17.6 Å². The minimum Gasteiger partial charge on any atom is -0.489 e. The van der Waals surface area contributed by atoms with Gasteiger partial charge in [0.05, 0.1) is 19.1 Å². The molecule has 1 saturated carbocycles. The van der Waals surface area contributed by atoms with Crippen LogP contribution in [0.1, 0.15) is 36.8 Å². The van der Waals surface area contributed by atoms with Crippen LogP contribution < -0.4 is 15.0 Å². The normalized spacial score (nSPS) is 16.5. The first-order valence-electron chi connectivity index (χ1n) is 9.51. The lowest BCUT2D eigenvalue weighted by Crippen LogP contribution is -2.26. The van der Waals surface area contributed by atoms with Gasteiger partial charge in [-0.2, -0.15) is 0 Å². The molecule has 2 heterocycles. The van der Waals surface area contributed by atoms with Gasteiger partial charge in [0.1, 0.15) is 5.69 Å². The maximum absolute atomic E-state index is 12.6. The zero-order chi connectivity index (χ0) is 19.9. The van der Waals surface area contributed by atoms with Gasteiger partial charge in [0, 0.05) is 24.4 Å². The average molecular weight is 404 g/mol. The number of nitrogens with zero attached hydrogens (tertiary/aromatic N) is 3. The highest BCUT2D eigenvalue weighted by molar-refractivity contribution is 7.91. The van der Waals surface area contributed by atoms with E-state index in [4.69, 9.17) is 4.74 Å². The second-order valence-corrected chi connectivity index (χ2v) is 9.41. The highest BCUT2D eigenvalue weighted by Crippen LogP contribution is 2.36. The van der Waals surface area contributed by atoms with Crippen LogP contribution in [-0.4, -0.2) is 35.8 Å². The molecule has 0 radical (unpaired) electrons. The van der Waals surface area contributed by atoms with Crippen LogP contribution >= 0.6 is 0 Å². The molecule has 2 aromatic heterocycles. The number of aryl methyl sites for hydroxylation is 1. The molecular weight excluding hydrogens is 380 g/mol. The summed E-state index contributed by atoms with van der Waals surface area (Å²) in [5.41, 5.74) is 3.14. The Kier molecular flexibility index (Phi) is 4.86. The van der Waals surface area contributed by atoms with Crippen LogP contribution in [-0.2, 0) is 29.9 Å². The van der Waals surface area contributed by atoms with Crippen molar-refractivity contribution in [3.05, 3.63) is 33.9 Å². The molecule has 2 aliphatic rings. The van der Waals surface area contributed by atoms with Crippen molar-refractivity contribution in [2.45, 2.75) is 38.5 Å². The number of aromatic nitrogens is 3. The third-order valence-electron chi connectivity index (χ3n) is 5.15. The van der Waals surface area contributed by atoms with Crippen molar-refractivity contribution >= 4 is 16.0 Å².